The Hall–Kier alpha value is -4.80. The first-order chi connectivity index (χ1) is 20.4. The molecular weight excluding hydrogens is 577 g/mol. The molecule has 1 atom stereocenters. The molecule has 0 aliphatic carbocycles. The average Bonchev–Trinajstić information content (AvgIpc) is 3.66. The Morgan fingerprint density at radius 1 is 1.02 bits per heavy atom. The molecule has 0 radical (unpaired) electrons. The Morgan fingerprint density at radius 2 is 1.81 bits per heavy atom. The predicted molar refractivity (Wildman–Crippen MR) is 159 cm³/mol. The number of carboxylic acids is 1. The van der Waals surface area contributed by atoms with Gasteiger partial charge in [-0.25, -0.2) is 4.98 Å². The zero-order chi connectivity index (χ0) is 29.5. The number of tetrazole rings is 1. The third-order valence-corrected chi connectivity index (χ3v) is 6.97. The summed E-state index contributed by atoms with van der Waals surface area (Å²) in [5, 5.41) is 24.1. The molecule has 2 heterocycles. The van der Waals surface area contributed by atoms with Crippen LogP contribution in [0.15, 0.2) is 85.2 Å². The lowest BCUT2D eigenvalue weighted by atomic mass is 10.0. The lowest BCUT2D eigenvalue weighted by molar-refractivity contribution is -0.137. The number of halogens is 2. The standard InChI is InChI=1S/C30H25Cl2N7O3/c31-23-12-13-25(39-18-33-37-38-39)22(17-23)11-14-26(40)34-24(16-20-4-2-1-3-5-20)30-35-28(29(32)36-30)21-9-6-19(7-10-21)8-15-27(41)42/h1-7,9-14,17-18,24H,8,15-16H2,(H,34,40)(H,35,36)(H,41,42)/t24-/m0/s1. The number of nitrogens with zero attached hydrogens (tertiary/aromatic N) is 5. The van der Waals surface area contributed by atoms with E-state index in [-0.39, 0.29) is 12.3 Å². The molecule has 10 nitrogen and oxygen atoms in total. The van der Waals surface area contributed by atoms with Gasteiger partial charge in [0.05, 0.1) is 11.7 Å². The van der Waals surface area contributed by atoms with Gasteiger partial charge in [0.15, 0.2) is 0 Å². The van der Waals surface area contributed by atoms with Gasteiger partial charge < -0.3 is 15.4 Å². The molecular formula is C30H25Cl2N7O3. The minimum absolute atomic E-state index is 0.0538. The molecule has 2 aromatic heterocycles. The fraction of sp³-hybridized carbons (Fsp3) is 0.133. The van der Waals surface area contributed by atoms with E-state index < -0.39 is 12.0 Å². The Morgan fingerprint density at radius 3 is 2.52 bits per heavy atom. The number of nitrogens with one attached hydrogen (secondary N) is 2. The summed E-state index contributed by atoms with van der Waals surface area (Å²) >= 11 is 12.8. The number of carbonyl (C=O) groups is 2. The number of H-pyrrole nitrogens is 1. The minimum atomic E-state index is -0.846. The number of hydrogen-bond donors (Lipinski definition) is 3. The van der Waals surface area contributed by atoms with Crippen molar-refractivity contribution >= 4 is 41.2 Å². The summed E-state index contributed by atoms with van der Waals surface area (Å²) in [7, 11) is 0. The molecule has 12 heteroatoms. The molecule has 0 saturated carbocycles. The molecule has 0 unspecified atom stereocenters. The number of aromatic amines is 1. The molecule has 5 rings (SSSR count). The number of benzene rings is 3. The zero-order valence-electron chi connectivity index (χ0n) is 22.1. The maximum absolute atomic E-state index is 13.2. The van der Waals surface area contributed by atoms with Gasteiger partial charge in [-0.1, -0.05) is 77.8 Å². The second-order valence-electron chi connectivity index (χ2n) is 9.42. The third kappa shape index (κ3) is 7.28. The van der Waals surface area contributed by atoms with E-state index in [2.05, 4.69) is 25.8 Å². The van der Waals surface area contributed by atoms with Gasteiger partial charge in [-0.05, 0) is 58.7 Å². The molecule has 0 aliphatic rings. The summed E-state index contributed by atoms with van der Waals surface area (Å²) in [6.45, 7) is 0. The summed E-state index contributed by atoms with van der Waals surface area (Å²) in [6, 6.07) is 21.8. The Bertz CT molecular complexity index is 1700. The molecule has 5 aromatic rings. The third-order valence-electron chi connectivity index (χ3n) is 6.46. The van der Waals surface area contributed by atoms with Crippen molar-refractivity contribution < 1.29 is 14.7 Å². The average molecular weight is 602 g/mol. The van der Waals surface area contributed by atoms with Crippen molar-refractivity contribution in [1.82, 2.24) is 35.5 Å². The zero-order valence-corrected chi connectivity index (χ0v) is 23.6. The number of aliphatic carboxylic acids is 1. The fourth-order valence-corrected chi connectivity index (χ4v) is 4.83. The van der Waals surface area contributed by atoms with Crippen molar-refractivity contribution in [3.05, 3.63) is 118 Å². The molecule has 1 amide bonds. The minimum Gasteiger partial charge on any atom is -0.481 e. The van der Waals surface area contributed by atoms with Crippen LogP contribution in [0.2, 0.25) is 10.2 Å². The van der Waals surface area contributed by atoms with Gasteiger partial charge in [0.2, 0.25) is 5.91 Å². The van der Waals surface area contributed by atoms with Crippen molar-refractivity contribution in [2.75, 3.05) is 0 Å². The molecule has 0 spiro atoms. The van der Waals surface area contributed by atoms with Gasteiger partial charge in [-0.2, -0.15) is 4.68 Å². The van der Waals surface area contributed by atoms with E-state index in [4.69, 9.17) is 33.3 Å². The van der Waals surface area contributed by atoms with Crippen LogP contribution < -0.4 is 5.32 Å². The maximum atomic E-state index is 13.2. The SMILES string of the molecule is O=C(O)CCc1ccc(-c2nc([C@H](Cc3ccccc3)NC(=O)C=Cc3cc(Cl)ccc3-n3cnnn3)[nH]c2Cl)cc1. The van der Waals surface area contributed by atoms with Gasteiger partial charge in [-0.3, -0.25) is 9.59 Å². The van der Waals surface area contributed by atoms with Crippen molar-refractivity contribution in [3.63, 3.8) is 0 Å². The van der Waals surface area contributed by atoms with E-state index in [0.717, 1.165) is 16.7 Å². The summed E-state index contributed by atoms with van der Waals surface area (Å²) in [5.41, 5.74) is 4.51. The second-order valence-corrected chi connectivity index (χ2v) is 10.2. The summed E-state index contributed by atoms with van der Waals surface area (Å²) < 4.78 is 1.48. The first-order valence-electron chi connectivity index (χ1n) is 13.0. The highest BCUT2D eigenvalue weighted by Crippen LogP contribution is 2.29. The lowest BCUT2D eigenvalue weighted by Gasteiger charge is -2.16. The van der Waals surface area contributed by atoms with Crippen LogP contribution in [0.4, 0.5) is 0 Å². The number of amides is 1. The van der Waals surface area contributed by atoms with Crippen LogP contribution in [-0.2, 0) is 22.4 Å². The molecule has 0 bridgehead atoms. The molecule has 0 aliphatic heterocycles. The number of rotatable bonds is 11. The van der Waals surface area contributed by atoms with E-state index in [1.165, 1.54) is 17.1 Å². The van der Waals surface area contributed by atoms with Crippen LogP contribution >= 0.6 is 23.2 Å². The van der Waals surface area contributed by atoms with Crippen molar-refractivity contribution in [2.24, 2.45) is 0 Å². The Labute approximate surface area is 251 Å². The van der Waals surface area contributed by atoms with Crippen LogP contribution in [0.25, 0.3) is 23.0 Å². The molecule has 3 aromatic carbocycles. The maximum Gasteiger partial charge on any atom is 0.303 e. The summed E-state index contributed by atoms with van der Waals surface area (Å²) in [6.07, 6.45) is 5.46. The number of carbonyl (C=O) groups excluding carboxylic acids is 1. The van der Waals surface area contributed by atoms with Gasteiger partial charge in [0, 0.05) is 28.6 Å². The largest absolute Gasteiger partial charge is 0.481 e. The number of aromatic nitrogens is 6. The first-order valence-corrected chi connectivity index (χ1v) is 13.7. The summed E-state index contributed by atoms with van der Waals surface area (Å²) in [4.78, 5) is 32.0. The normalized spacial score (nSPS) is 12.0. The van der Waals surface area contributed by atoms with Crippen LogP contribution in [0.1, 0.15) is 35.0 Å². The number of aryl methyl sites for hydroxylation is 1. The highest BCUT2D eigenvalue weighted by Gasteiger charge is 2.21. The lowest BCUT2D eigenvalue weighted by Crippen LogP contribution is -2.29. The van der Waals surface area contributed by atoms with E-state index in [1.807, 2.05) is 54.6 Å². The van der Waals surface area contributed by atoms with Gasteiger partial charge >= 0.3 is 5.97 Å². The van der Waals surface area contributed by atoms with Crippen LogP contribution in [0.3, 0.4) is 0 Å². The highest BCUT2D eigenvalue weighted by molar-refractivity contribution is 6.32. The topological polar surface area (TPSA) is 139 Å². The van der Waals surface area contributed by atoms with Crippen LogP contribution in [-0.4, -0.2) is 47.2 Å². The quantitative estimate of drug-likeness (QED) is 0.170. The monoisotopic (exact) mass is 601 g/mol. The molecule has 42 heavy (non-hydrogen) atoms. The Balaban J connectivity index is 1.38. The van der Waals surface area contributed by atoms with Crippen molar-refractivity contribution in [1.29, 1.82) is 0 Å². The van der Waals surface area contributed by atoms with E-state index in [9.17, 15) is 9.59 Å². The molecule has 0 fully saturated rings. The second kappa shape index (κ2) is 13.2. The molecule has 212 valence electrons. The fourth-order valence-electron chi connectivity index (χ4n) is 4.40. The molecule has 3 N–H and O–H groups in total. The first kappa shape index (κ1) is 28.7. The van der Waals surface area contributed by atoms with E-state index in [0.29, 0.717) is 45.8 Å². The predicted octanol–water partition coefficient (Wildman–Crippen LogP) is 5.49. The van der Waals surface area contributed by atoms with Crippen LogP contribution in [0, 0.1) is 0 Å². The Kier molecular flexibility index (Phi) is 9.05. The van der Waals surface area contributed by atoms with Gasteiger partial charge in [-0.15, -0.1) is 5.10 Å². The van der Waals surface area contributed by atoms with E-state index >= 15 is 0 Å². The summed E-state index contributed by atoms with van der Waals surface area (Å²) in [5.74, 6) is -0.705. The van der Waals surface area contributed by atoms with E-state index in [1.54, 1.807) is 24.3 Å². The smallest absolute Gasteiger partial charge is 0.303 e. The van der Waals surface area contributed by atoms with Crippen LogP contribution in [0.5, 0.6) is 0 Å². The molecule has 0 saturated heterocycles. The van der Waals surface area contributed by atoms with Crippen molar-refractivity contribution in [2.45, 2.75) is 25.3 Å². The van der Waals surface area contributed by atoms with Gasteiger partial charge in [0.1, 0.15) is 23.0 Å². The number of imidazole rings is 1. The van der Waals surface area contributed by atoms with Gasteiger partial charge in [0.25, 0.3) is 0 Å². The number of carboxylic acid groups (broad SMARTS) is 1. The number of hydrogen-bond acceptors (Lipinski definition) is 6. The highest BCUT2D eigenvalue weighted by atomic mass is 35.5. The van der Waals surface area contributed by atoms with Crippen molar-refractivity contribution in [3.8, 4) is 16.9 Å².